The van der Waals surface area contributed by atoms with Crippen LogP contribution in [-0.4, -0.2) is 68.6 Å². The average Bonchev–Trinajstić information content (AvgIpc) is 3.49. The zero-order valence-corrected chi connectivity index (χ0v) is 19.8. The molecule has 4 fully saturated rings. The monoisotopic (exact) mass is 444 g/mol. The first-order valence-electron chi connectivity index (χ1n) is 12.4. The summed E-state index contributed by atoms with van der Waals surface area (Å²) >= 11 is 0. The number of fused-ring (bicyclic) bond motifs is 3. The van der Waals surface area contributed by atoms with Gasteiger partial charge in [0.2, 0.25) is 0 Å². The maximum atomic E-state index is 5.53. The number of anilines is 1. The second-order valence-electron chi connectivity index (χ2n) is 11.2. The van der Waals surface area contributed by atoms with Gasteiger partial charge in [-0.05, 0) is 50.2 Å². The van der Waals surface area contributed by atoms with Crippen LogP contribution in [0.3, 0.4) is 0 Å². The summed E-state index contributed by atoms with van der Waals surface area (Å²) in [7, 11) is 0. The Labute approximate surface area is 194 Å². The Bertz CT molecular complexity index is 1240. The van der Waals surface area contributed by atoms with Crippen LogP contribution in [0.1, 0.15) is 50.9 Å². The van der Waals surface area contributed by atoms with Crippen LogP contribution in [0, 0.1) is 6.92 Å². The molecule has 0 radical (unpaired) electrons. The van der Waals surface area contributed by atoms with Crippen molar-refractivity contribution >= 4 is 16.7 Å². The topological polar surface area (TPSA) is 59.3 Å². The largest absolute Gasteiger partial charge is 0.377 e. The number of ether oxygens (including phenoxy) is 1. The van der Waals surface area contributed by atoms with Crippen molar-refractivity contribution < 1.29 is 4.74 Å². The summed E-state index contributed by atoms with van der Waals surface area (Å²) in [5.41, 5.74) is 3.08. The molecule has 7 rings (SSSR count). The summed E-state index contributed by atoms with van der Waals surface area (Å²) in [5.74, 6) is 2.69. The van der Waals surface area contributed by atoms with Gasteiger partial charge in [0.25, 0.3) is 0 Å². The van der Waals surface area contributed by atoms with Crippen LogP contribution in [0.5, 0.6) is 0 Å². The minimum Gasteiger partial charge on any atom is -0.377 e. The SMILES string of the molecule is Cc1nc(N2C[C@@H]3C[C@H]2CN3C2(C)COC2)cc(-n2ncc3ccc(C4(C)CCC4)cc32)n1. The van der Waals surface area contributed by atoms with Crippen molar-refractivity contribution in [3.8, 4) is 5.82 Å². The van der Waals surface area contributed by atoms with E-state index in [0.29, 0.717) is 17.5 Å². The lowest BCUT2D eigenvalue weighted by atomic mass is 9.66. The van der Waals surface area contributed by atoms with Crippen LogP contribution in [0.15, 0.2) is 30.5 Å². The van der Waals surface area contributed by atoms with E-state index in [1.807, 2.05) is 17.8 Å². The molecule has 1 aromatic carbocycles. The van der Waals surface area contributed by atoms with E-state index in [4.69, 9.17) is 19.8 Å². The molecule has 172 valence electrons. The molecule has 1 aliphatic carbocycles. The minimum absolute atomic E-state index is 0.223. The molecule has 5 heterocycles. The highest BCUT2D eigenvalue weighted by molar-refractivity contribution is 5.81. The van der Waals surface area contributed by atoms with Gasteiger partial charge in [-0.2, -0.15) is 5.10 Å². The van der Waals surface area contributed by atoms with Crippen molar-refractivity contribution in [3.05, 3.63) is 41.9 Å². The number of hydrogen-bond acceptors (Lipinski definition) is 6. The van der Waals surface area contributed by atoms with Gasteiger partial charge >= 0.3 is 0 Å². The number of aromatic nitrogens is 4. The van der Waals surface area contributed by atoms with Crippen molar-refractivity contribution in [1.82, 2.24) is 24.6 Å². The van der Waals surface area contributed by atoms with Crippen LogP contribution in [0.25, 0.3) is 16.7 Å². The van der Waals surface area contributed by atoms with Gasteiger partial charge in [0.05, 0.1) is 30.5 Å². The predicted molar refractivity (Wildman–Crippen MR) is 128 cm³/mol. The lowest BCUT2D eigenvalue weighted by molar-refractivity contribution is -0.136. The fourth-order valence-electron chi connectivity index (χ4n) is 6.54. The number of benzene rings is 1. The third kappa shape index (κ3) is 2.91. The van der Waals surface area contributed by atoms with Gasteiger partial charge in [0, 0.05) is 36.6 Å². The molecule has 3 aliphatic heterocycles. The van der Waals surface area contributed by atoms with Crippen molar-refractivity contribution in [1.29, 1.82) is 0 Å². The van der Waals surface area contributed by atoms with Gasteiger partial charge in [0.1, 0.15) is 11.6 Å². The molecule has 1 saturated carbocycles. The quantitative estimate of drug-likeness (QED) is 0.613. The Morgan fingerprint density at radius 1 is 1.00 bits per heavy atom. The molecule has 2 bridgehead atoms. The second-order valence-corrected chi connectivity index (χ2v) is 11.2. The molecule has 0 N–H and O–H groups in total. The van der Waals surface area contributed by atoms with E-state index in [1.165, 1.54) is 31.2 Å². The zero-order valence-electron chi connectivity index (χ0n) is 19.8. The summed E-state index contributed by atoms with van der Waals surface area (Å²) in [6.45, 7) is 10.6. The van der Waals surface area contributed by atoms with E-state index in [0.717, 1.165) is 54.7 Å². The molecule has 3 saturated heterocycles. The summed E-state index contributed by atoms with van der Waals surface area (Å²) in [4.78, 5) is 14.8. The molecule has 4 aliphatic rings. The summed E-state index contributed by atoms with van der Waals surface area (Å²) in [5, 5.41) is 5.90. The summed E-state index contributed by atoms with van der Waals surface area (Å²) in [6, 6.07) is 10.1. The van der Waals surface area contributed by atoms with Gasteiger partial charge in [-0.25, -0.2) is 14.6 Å². The van der Waals surface area contributed by atoms with E-state index < -0.39 is 0 Å². The Balaban J connectivity index is 1.22. The van der Waals surface area contributed by atoms with E-state index in [-0.39, 0.29) is 5.54 Å². The third-order valence-corrected chi connectivity index (χ3v) is 8.81. The van der Waals surface area contributed by atoms with Crippen molar-refractivity contribution in [2.24, 2.45) is 0 Å². The van der Waals surface area contributed by atoms with Gasteiger partial charge in [-0.3, -0.25) is 4.90 Å². The smallest absolute Gasteiger partial charge is 0.159 e. The molecular formula is C26H32N6O. The Morgan fingerprint density at radius 3 is 2.48 bits per heavy atom. The highest BCUT2D eigenvalue weighted by Gasteiger charge is 2.52. The zero-order chi connectivity index (χ0) is 22.4. The van der Waals surface area contributed by atoms with Crippen molar-refractivity contribution in [3.63, 3.8) is 0 Å². The van der Waals surface area contributed by atoms with Crippen LogP contribution >= 0.6 is 0 Å². The van der Waals surface area contributed by atoms with Gasteiger partial charge in [-0.1, -0.05) is 25.5 Å². The van der Waals surface area contributed by atoms with Crippen LogP contribution < -0.4 is 4.90 Å². The molecule has 7 nitrogen and oxygen atoms in total. The fourth-order valence-corrected chi connectivity index (χ4v) is 6.54. The normalized spacial score (nSPS) is 27.7. The molecule has 3 aromatic rings. The number of nitrogens with zero attached hydrogens (tertiary/aromatic N) is 6. The Morgan fingerprint density at radius 2 is 1.82 bits per heavy atom. The first-order chi connectivity index (χ1) is 15.9. The predicted octanol–water partition coefficient (Wildman–Crippen LogP) is 3.62. The lowest BCUT2D eigenvalue weighted by Crippen LogP contribution is -2.64. The first kappa shape index (κ1) is 19.9. The van der Waals surface area contributed by atoms with Gasteiger partial charge in [-0.15, -0.1) is 0 Å². The van der Waals surface area contributed by atoms with Crippen LogP contribution in [0.2, 0.25) is 0 Å². The Kier molecular flexibility index (Phi) is 4.08. The molecule has 0 spiro atoms. The van der Waals surface area contributed by atoms with E-state index in [2.05, 4.69) is 47.9 Å². The molecule has 2 aromatic heterocycles. The van der Waals surface area contributed by atoms with E-state index in [9.17, 15) is 0 Å². The van der Waals surface area contributed by atoms with Crippen LogP contribution in [0.4, 0.5) is 5.82 Å². The van der Waals surface area contributed by atoms with Gasteiger partial charge < -0.3 is 9.64 Å². The van der Waals surface area contributed by atoms with Crippen LogP contribution in [-0.2, 0) is 10.2 Å². The molecular weight excluding hydrogens is 412 g/mol. The van der Waals surface area contributed by atoms with Crippen molar-refractivity contribution in [2.45, 2.75) is 69.5 Å². The average molecular weight is 445 g/mol. The molecule has 0 unspecified atom stereocenters. The number of rotatable bonds is 4. The van der Waals surface area contributed by atoms with E-state index in [1.54, 1.807) is 0 Å². The minimum atomic E-state index is 0.223. The standard InChI is InChI=1S/C26H32N6O/c1-17-28-23(30-13-21-10-20(30)14-31(21)26(3)15-33-16-26)11-24(29-17)32-22-9-19(25(2)7-4-8-25)6-5-18(22)12-27-32/h5-6,9,11-12,20-21H,4,7-8,10,13-16H2,1-3H3/t20-,21-/m0/s1. The number of hydrogen-bond donors (Lipinski definition) is 0. The lowest BCUT2D eigenvalue weighted by Gasteiger charge is -2.50. The number of piperazine rings is 1. The maximum absolute atomic E-state index is 5.53. The number of aryl methyl sites for hydroxylation is 1. The third-order valence-electron chi connectivity index (χ3n) is 8.81. The first-order valence-corrected chi connectivity index (χ1v) is 12.4. The summed E-state index contributed by atoms with van der Waals surface area (Å²) < 4.78 is 7.54. The highest BCUT2D eigenvalue weighted by atomic mass is 16.5. The molecule has 7 heteroatoms. The molecule has 2 atom stereocenters. The number of likely N-dealkylation sites (tertiary alicyclic amines) is 1. The van der Waals surface area contributed by atoms with Crippen molar-refractivity contribution in [2.75, 3.05) is 31.2 Å². The molecule has 33 heavy (non-hydrogen) atoms. The Hall–Kier alpha value is -2.51. The second kappa shape index (κ2) is 6.76. The molecule has 0 amide bonds. The van der Waals surface area contributed by atoms with Gasteiger partial charge in [0.15, 0.2) is 5.82 Å². The summed E-state index contributed by atoms with van der Waals surface area (Å²) in [6.07, 6.45) is 7.02. The maximum Gasteiger partial charge on any atom is 0.159 e. The highest BCUT2D eigenvalue weighted by Crippen LogP contribution is 2.44. The fraction of sp³-hybridized carbons (Fsp3) is 0.577. The van der Waals surface area contributed by atoms with E-state index >= 15 is 0 Å².